The van der Waals surface area contributed by atoms with Crippen LogP contribution in [0.3, 0.4) is 0 Å². The highest BCUT2D eigenvalue weighted by Crippen LogP contribution is 2.23. The Labute approximate surface area is 145 Å². The second-order valence-electron chi connectivity index (χ2n) is 5.36. The van der Waals surface area contributed by atoms with E-state index in [1.54, 1.807) is 49.4 Å². The van der Waals surface area contributed by atoms with Gasteiger partial charge in [0.15, 0.2) is 0 Å². The van der Waals surface area contributed by atoms with Crippen molar-refractivity contribution in [2.24, 2.45) is 0 Å². The first-order valence-electron chi connectivity index (χ1n) is 7.33. The Morgan fingerprint density at radius 2 is 2.00 bits per heavy atom. The summed E-state index contributed by atoms with van der Waals surface area (Å²) in [6.07, 6.45) is -0.231. The summed E-state index contributed by atoms with van der Waals surface area (Å²) in [5.41, 5.74) is 1.84. The van der Waals surface area contributed by atoms with Crippen molar-refractivity contribution >= 4 is 23.5 Å². The molecule has 0 aliphatic carbocycles. The molecule has 0 bridgehead atoms. The van der Waals surface area contributed by atoms with Gasteiger partial charge in [-0.3, -0.25) is 9.59 Å². The minimum Gasteiger partial charge on any atom is -0.497 e. The van der Waals surface area contributed by atoms with Crippen LogP contribution in [-0.4, -0.2) is 24.1 Å². The highest BCUT2D eigenvalue weighted by atomic mass is 35.5. The number of aliphatic carboxylic acids is 1. The molecule has 2 aromatic carbocycles. The molecule has 0 aliphatic heterocycles. The highest BCUT2D eigenvalue weighted by Gasteiger charge is 2.20. The minimum absolute atomic E-state index is 0.231. The van der Waals surface area contributed by atoms with Crippen molar-refractivity contribution in [1.82, 2.24) is 5.32 Å². The van der Waals surface area contributed by atoms with Crippen molar-refractivity contribution in [2.45, 2.75) is 19.4 Å². The summed E-state index contributed by atoms with van der Waals surface area (Å²) >= 11 is 5.90. The van der Waals surface area contributed by atoms with E-state index in [2.05, 4.69) is 5.32 Å². The van der Waals surface area contributed by atoms with E-state index >= 15 is 0 Å². The minimum atomic E-state index is -1.00. The largest absolute Gasteiger partial charge is 0.497 e. The van der Waals surface area contributed by atoms with Gasteiger partial charge < -0.3 is 15.2 Å². The number of benzene rings is 2. The molecular formula is C18H18ClNO4. The molecular weight excluding hydrogens is 330 g/mol. The molecule has 0 saturated carbocycles. The molecule has 2 N–H and O–H groups in total. The third-order valence-corrected chi connectivity index (χ3v) is 3.85. The number of nitrogens with one attached hydrogen (secondary N) is 1. The number of hydrogen-bond donors (Lipinski definition) is 2. The van der Waals surface area contributed by atoms with E-state index in [9.17, 15) is 9.59 Å². The third-order valence-electron chi connectivity index (χ3n) is 3.61. The van der Waals surface area contributed by atoms with Gasteiger partial charge >= 0.3 is 5.97 Å². The summed E-state index contributed by atoms with van der Waals surface area (Å²) in [5, 5.41) is 12.5. The Morgan fingerprint density at radius 1 is 1.25 bits per heavy atom. The van der Waals surface area contributed by atoms with E-state index in [4.69, 9.17) is 21.4 Å². The second kappa shape index (κ2) is 7.84. The number of hydrogen-bond acceptors (Lipinski definition) is 3. The lowest BCUT2D eigenvalue weighted by Gasteiger charge is -2.19. The monoisotopic (exact) mass is 347 g/mol. The van der Waals surface area contributed by atoms with Crippen LogP contribution >= 0.6 is 11.6 Å². The van der Waals surface area contributed by atoms with Crippen LogP contribution in [0.5, 0.6) is 5.75 Å². The number of halogens is 1. The van der Waals surface area contributed by atoms with Gasteiger partial charge in [0.05, 0.1) is 19.6 Å². The third kappa shape index (κ3) is 4.49. The standard InChI is InChI=1S/C18H18ClNO4/c1-11-8-13(19)6-7-15(11)18(23)20-16(10-17(21)22)12-4-3-5-14(9-12)24-2/h3-9,16H,10H2,1-2H3,(H,20,23)(H,21,22). The van der Waals surface area contributed by atoms with E-state index in [0.717, 1.165) is 5.56 Å². The number of aryl methyl sites for hydroxylation is 1. The first-order valence-corrected chi connectivity index (χ1v) is 7.71. The number of ether oxygens (including phenoxy) is 1. The summed E-state index contributed by atoms with van der Waals surface area (Å²) in [6, 6.07) is 11.2. The van der Waals surface area contributed by atoms with Crippen LogP contribution in [0.1, 0.15) is 33.9 Å². The molecule has 2 aromatic rings. The Hall–Kier alpha value is -2.53. The van der Waals surface area contributed by atoms with Gasteiger partial charge in [-0.1, -0.05) is 23.7 Å². The van der Waals surface area contributed by atoms with Crippen LogP contribution in [-0.2, 0) is 4.79 Å². The fourth-order valence-electron chi connectivity index (χ4n) is 2.40. The Balaban J connectivity index is 2.28. The molecule has 0 saturated heterocycles. The molecule has 0 fully saturated rings. The topological polar surface area (TPSA) is 75.6 Å². The molecule has 126 valence electrons. The van der Waals surface area contributed by atoms with Crippen molar-refractivity contribution in [3.8, 4) is 5.75 Å². The molecule has 2 rings (SSSR count). The predicted octanol–water partition coefficient (Wildman–Crippen LogP) is 3.60. The Morgan fingerprint density at radius 3 is 2.62 bits per heavy atom. The molecule has 5 nitrogen and oxygen atoms in total. The van der Waals surface area contributed by atoms with Gasteiger partial charge in [-0.05, 0) is 48.4 Å². The van der Waals surface area contributed by atoms with Gasteiger partial charge in [0.1, 0.15) is 5.75 Å². The van der Waals surface area contributed by atoms with E-state index in [0.29, 0.717) is 21.9 Å². The lowest BCUT2D eigenvalue weighted by Crippen LogP contribution is -2.30. The first kappa shape index (κ1) is 17.8. The zero-order chi connectivity index (χ0) is 17.7. The fraction of sp³-hybridized carbons (Fsp3) is 0.222. The van der Waals surface area contributed by atoms with Gasteiger partial charge in [0, 0.05) is 10.6 Å². The van der Waals surface area contributed by atoms with E-state index in [1.165, 1.54) is 7.11 Å². The van der Waals surface area contributed by atoms with Gasteiger partial charge in [-0.2, -0.15) is 0 Å². The van der Waals surface area contributed by atoms with Crippen molar-refractivity contribution < 1.29 is 19.4 Å². The SMILES string of the molecule is COc1cccc(C(CC(=O)O)NC(=O)c2ccc(Cl)cc2C)c1. The number of carboxylic acids is 1. The molecule has 1 unspecified atom stereocenters. The van der Waals surface area contributed by atoms with Gasteiger partial charge in [0.25, 0.3) is 5.91 Å². The van der Waals surface area contributed by atoms with Crippen LogP contribution < -0.4 is 10.1 Å². The average Bonchev–Trinajstić information content (AvgIpc) is 2.53. The number of rotatable bonds is 6. The van der Waals surface area contributed by atoms with Crippen molar-refractivity contribution in [3.63, 3.8) is 0 Å². The van der Waals surface area contributed by atoms with E-state index in [-0.39, 0.29) is 12.3 Å². The molecule has 1 atom stereocenters. The summed E-state index contributed by atoms with van der Waals surface area (Å²) < 4.78 is 5.16. The zero-order valence-electron chi connectivity index (χ0n) is 13.4. The molecule has 24 heavy (non-hydrogen) atoms. The van der Waals surface area contributed by atoms with Crippen molar-refractivity contribution in [1.29, 1.82) is 0 Å². The Bertz CT molecular complexity index is 760. The molecule has 6 heteroatoms. The van der Waals surface area contributed by atoms with Crippen LogP contribution in [0.2, 0.25) is 5.02 Å². The predicted molar refractivity (Wildman–Crippen MR) is 91.6 cm³/mol. The quantitative estimate of drug-likeness (QED) is 0.837. The summed E-state index contributed by atoms with van der Waals surface area (Å²) in [5.74, 6) is -0.756. The Kier molecular flexibility index (Phi) is 5.82. The van der Waals surface area contributed by atoms with Gasteiger partial charge in [0.2, 0.25) is 0 Å². The molecule has 1 amide bonds. The maximum Gasteiger partial charge on any atom is 0.305 e. The fourth-order valence-corrected chi connectivity index (χ4v) is 2.63. The molecule has 0 aliphatic rings. The summed E-state index contributed by atoms with van der Waals surface area (Å²) in [6.45, 7) is 1.78. The average molecular weight is 348 g/mol. The van der Waals surface area contributed by atoms with Crippen LogP contribution in [0.25, 0.3) is 0 Å². The zero-order valence-corrected chi connectivity index (χ0v) is 14.1. The molecule has 0 spiro atoms. The number of methoxy groups -OCH3 is 1. The van der Waals surface area contributed by atoms with Gasteiger partial charge in [-0.25, -0.2) is 0 Å². The molecule has 0 aromatic heterocycles. The number of carbonyl (C=O) groups is 2. The number of amides is 1. The number of carboxylic acid groups (broad SMARTS) is 1. The lowest BCUT2D eigenvalue weighted by molar-refractivity contribution is -0.137. The van der Waals surface area contributed by atoms with Crippen molar-refractivity contribution in [3.05, 3.63) is 64.2 Å². The van der Waals surface area contributed by atoms with Gasteiger partial charge in [-0.15, -0.1) is 0 Å². The first-order chi connectivity index (χ1) is 11.4. The van der Waals surface area contributed by atoms with Crippen LogP contribution in [0.4, 0.5) is 0 Å². The lowest BCUT2D eigenvalue weighted by atomic mass is 10.0. The van der Waals surface area contributed by atoms with E-state index in [1.807, 2.05) is 0 Å². The number of carbonyl (C=O) groups excluding carboxylic acids is 1. The molecule has 0 heterocycles. The summed E-state index contributed by atoms with van der Waals surface area (Å²) in [7, 11) is 1.53. The smallest absolute Gasteiger partial charge is 0.305 e. The maximum atomic E-state index is 12.5. The van der Waals surface area contributed by atoms with Crippen LogP contribution in [0, 0.1) is 6.92 Å². The maximum absolute atomic E-state index is 12.5. The molecule has 0 radical (unpaired) electrons. The summed E-state index contributed by atoms with van der Waals surface area (Å²) in [4.78, 5) is 23.7. The highest BCUT2D eigenvalue weighted by molar-refractivity contribution is 6.30. The van der Waals surface area contributed by atoms with E-state index < -0.39 is 12.0 Å². The van der Waals surface area contributed by atoms with Crippen LogP contribution in [0.15, 0.2) is 42.5 Å². The second-order valence-corrected chi connectivity index (χ2v) is 5.80. The normalized spacial score (nSPS) is 11.6. The van der Waals surface area contributed by atoms with Crippen molar-refractivity contribution in [2.75, 3.05) is 7.11 Å².